The van der Waals surface area contributed by atoms with Crippen LogP contribution in [0, 0.1) is 5.92 Å². The number of hydrogen-bond acceptors (Lipinski definition) is 3. The van der Waals surface area contributed by atoms with E-state index in [1.165, 1.54) is 32.2 Å². The van der Waals surface area contributed by atoms with Crippen LogP contribution in [0.25, 0.3) is 0 Å². The Morgan fingerprint density at radius 1 is 1.39 bits per heavy atom. The maximum Gasteiger partial charge on any atom is 0.221 e. The van der Waals surface area contributed by atoms with Crippen molar-refractivity contribution in [1.29, 1.82) is 0 Å². The second kappa shape index (κ2) is 6.53. The molecule has 0 radical (unpaired) electrons. The van der Waals surface area contributed by atoms with Gasteiger partial charge in [0.2, 0.25) is 5.91 Å². The molecule has 1 amide bonds. The summed E-state index contributed by atoms with van der Waals surface area (Å²) in [5.41, 5.74) is 5.43. The van der Waals surface area contributed by atoms with Gasteiger partial charge in [-0.05, 0) is 58.5 Å². The Morgan fingerprint density at radius 3 is 2.89 bits per heavy atom. The molecule has 0 aromatic carbocycles. The molecule has 2 saturated heterocycles. The zero-order valence-corrected chi connectivity index (χ0v) is 11.5. The molecule has 0 aliphatic carbocycles. The van der Waals surface area contributed by atoms with E-state index in [0.29, 0.717) is 6.04 Å². The van der Waals surface area contributed by atoms with E-state index >= 15 is 0 Å². The van der Waals surface area contributed by atoms with Crippen LogP contribution in [0.15, 0.2) is 0 Å². The van der Waals surface area contributed by atoms with E-state index in [1.54, 1.807) is 0 Å². The Hall–Kier alpha value is -0.610. The van der Waals surface area contributed by atoms with Gasteiger partial charge >= 0.3 is 0 Å². The molecule has 0 aromatic rings. The molecule has 3 unspecified atom stereocenters. The molecule has 0 saturated carbocycles. The Bertz CT molecular complexity index is 276. The molecular weight excluding hydrogens is 226 g/mol. The van der Waals surface area contributed by atoms with Crippen LogP contribution in [-0.4, -0.2) is 42.5 Å². The lowest BCUT2D eigenvalue weighted by Gasteiger charge is -2.37. The Morgan fingerprint density at radius 2 is 2.22 bits per heavy atom. The molecule has 3 N–H and O–H groups in total. The lowest BCUT2D eigenvalue weighted by molar-refractivity contribution is -0.123. The Labute approximate surface area is 110 Å². The molecule has 4 heteroatoms. The van der Waals surface area contributed by atoms with Gasteiger partial charge in [-0.3, -0.25) is 9.69 Å². The van der Waals surface area contributed by atoms with Gasteiger partial charge in [-0.2, -0.15) is 0 Å². The van der Waals surface area contributed by atoms with Crippen LogP contribution in [0.2, 0.25) is 0 Å². The van der Waals surface area contributed by atoms with Gasteiger partial charge in [0.25, 0.3) is 0 Å². The summed E-state index contributed by atoms with van der Waals surface area (Å²) in [6.07, 6.45) is 7.23. The van der Waals surface area contributed by atoms with Crippen LogP contribution in [0.3, 0.4) is 0 Å². The van der Waals surface area contributed by atoms with Gasteiger partial charge < -0.3 is 11.1 Å². The van der Waals surface area contributed by atoms with Crippen molar-refractivity contribution in [2.24, 2.45) is 11.7 Å². The zero-order chi connectivity index (χ0) is 13.0. The summed E-state index contributed by atoms with van der Waals surface area (Å²) in [4.78, 5) is 13.7. The van der Waals surface area contributed by atoms with E-state index in [-0.39, 0.29) is 11.8 Å². The number of carbonyl (C=O) groups excluding carboxylic acids is 1. The first-order valence-electron chi connectivity index (χ1n) is 7.43. The van der Waals surface area contributed by atoms with Gasteiger partial charge in [-0.15, -0.1) is 0 Å². The number of nitrogens with zero attached hydrogens (tertiary/aromatic N) is 1. The van der Waals surface area contributed by atoms with Crippen molar-refractivity contribution in [2.75, 3.05) is 19.6 Å². The predicted molar refractivity (Wildman–Crippen MR) is 73.2 cm³/mol. The number of rotatable bonds is 5. The molecule has 0 bridgehead atoms. The van der Waals surface area contributed by atoms with Gasteiger partial charge in [0.05, 0.1) is 5.92 Å². The number of likely N-dealkylation sites (tertiary alicyclic amines) is 1. The van der Waals surface area contributed by atoms with E-state index in [1.807, 2.05) is 0 Å². The fraction of sp³-hybridized carbons (Fsp3) is 0.929. The third kappa shape index (κ3) is 3.69. The minimum atomic E-state index is -0.121. The number of nitrogens with two attached hydrogens (primary N) is 1. The molecule has 4 nitrogen and oxygen atoms in total. The summed E-state index contributed by atoms with van der Waals surface area (Å²) >= 11 is 0. The van der Waals surface area contributed by atoms with Crippen molar-refractivity contribution in [3.8, 4) is 0 Å². The van der Waals surface area contributed by atoms with Crippen LogP contribution in [0.5, 0.6) is 0 Å². The fourth-order valence-corrected chi connectivity index (χ4v) is 3.27. The molecule has 0 aromatic heterocycles. The van der Waals surface area contributed by atoms with E-state index in [0.717, 1.165) is 32.0 Å². The molecule has 0 spiro atoms. The average Bonchev–Trinajstić information content (AvgIpc) is 2.84. The van der Waals surface area contributed by atoms with E-state index in [9.17, 15) is 4.79 Å². The summed E-state index contributed by atoms with van der Waals surface area (Å²) in [5, 5.41) is 3.54. The lowest BCUT2D eigenvalue weighted by Crippen LogP contribution is -2.46. The van der Waals surface area contributed by atoms with Crippen molar-refractivity contribution in [1.82, 2.24) is 10.2 Å². The maximum atomic E-state index is 11.3. The normalized spacial score (nSPS) is 33.7. The predicted octanol–water partition coefficient (Wildman–Crippen LogP) is 1.10. The summed E-state index contributed by atoms with van der Waals surface area (Å²) < 4.78 is 0. The SMILES string of the molecule is CC1CCC(C(N)=O)CN1CCCC1CCCN1. The summed E-state index contributed by atoms with van der Waals surface area (Å²) in [5.74, 6) is -0.0461. The minimum Gasteiger partial charge on any atom is -0.369 e. The van der Waals surface area contributed by atoms with Crippen molar-refractivity contribution >= 4 is 5.91 Å². The highest BCUT2D eigenvalue weighted by Crippen LogP contribution is 2.22. The standard InChI is InChI=1S/C14H27N3O/c1-11-6-7-12(14(15)18)10-17(11)9-3-5-13-4-2-8-16-13/h11-13,16H,2-10H2,1H3,(H2,15,18). The van der Waals surface area contributed by atoms with Gasteiger partial charge in [0.1, 0.15) is 0 Å². The van der Waals surface area contributed by atoms with E-state index < -0.39 is 0 Å². The van der Waals surface area contributed by atoms with Crippen molar-refractivity contribution < 1.29 is 4.79 Å². The van der Waals surface area contributed by atoms with E-state index in [4.69, 9.17) is 5.73 Å². The molecule has 2 aliphatic heterocycles. The van der Waals surface area contributed by atoms with Gasteiger partial charge in [-0.1, -0.05) is 0 Å². The van der Waals surface area contributed by atoms with Crippen molar-refractivity contribution in [2.45, 2.75) is 57.5 Å². The Kier molecular flexibility index (Phi) is 5.01. The van der Waals surface area contributed by atoms with Crippen LogP contribution < -0.4 is 11.1 Å². The molecule has 2 fully saturated rings. The minimum absolute atomic E-state index is 0.0748. The molecule has 2 aliphatic rings. The highest BCUT2D eigenvalue weighted by molar-refractivity contribution is 5.76. The molecule has 104 valence electrons. The summed E-state index contributed by atoms with van der Waals surface area (Å²) in [6.45, 7) is 5.44. The average molecular weight is 253 g/mol. The summed E-state index contributed by atoms with van der Waals surface area (Å²) in [6, 6.07) is 1.34. The van der Waals surface area contributed by atoms with Gasteiger partial charge in [-0.25, -0.2) is 0 Å². The first-order valence-corrected chi connectivity index (χ1v) is 7.43. The van der Waals surface area contributed by atoms with Crippen LogP contribution in [0.1, 0.15) is 45.4 Å². The number of amides is 1. The smallest absolute Gasteiger partial charge is 0.221 e. The largest absolute Gasteiger partial charge is 0.369 e. The van der Waals surface area contributed by atoms with E-state index in [2.05, 4.69) is 17.1 Å². The lowest BCUT2D eigenvalue weighted by atomic mass is 9.92. The molecule has 2 rings (SSSR count). The van der Waals surface area contributed by atoms with Crippen LogP contribution in [0.4, 0.5) is 0 Å². The monoisotopic (exact) mass is 253 g/mol. The molecule has 2 heterocycles. The van der Waals surface area contributed by atoms with Crippen LogP contribution >= 0.6 is 0 Å². The van der Waals surface area contributed by atoms with Crippen molar-refractivity contribution in [3.63, 3.8) is 0 Å². The number of primary amides is 1. The first-order chi connectivity index (χ1) is 8.66. The number of carbonyl (C=O) groups is 1. The number of nitrogens with one attached hydrogen (secondary N) is 1. The first kappa shape index (κ1) is 13.8. The zero-order valence-electron chi connectivity index (χ0n) is 11.5. The second-order valence-corrected chi connectivity index (χ2v) is 5.96. The third-order valence-electron chi connectivity index (χ3n) is 4.57. The van der Waals surface area contributed by atoms with Crippen molar-refractivity contribution in [3.05, 3.63) is 0 Å². The summed E-state index contributed by atoms with van der Waals surface area (Å²) in [7, 11) is 0. The molecule has 3 atom stereocenters. The van der Waals surface area contributed by atoms with Gasteiger partial charge in [0.15, 0.2) is 0 Å². The highest BCUT2D eigenvalue weighted by Gasteiger charge is 2.28. The number of piperidine rings is 1. The second-order valence-electron chi connectivity index (χ2n) is 5.96. The van der Waals surface area contributed by atoms with Crippen LogP contribution in [-0.2, 0) is 4.79 Å². The molecule has 18 heavy (non-hydrogen) atoms. The Balaban J connectivity index is 1.70. The maximum absolute atomic E-state index is 11.3. The number of hydrogen-bond donors (Lipinski definition) is 2. The topological polar surface area (TPSA) is 58.4 Å². The third-order valence-corrected chi connectivity index (χ3v) is 4.57. The highest BCUT2D eigenvalue weighted by atomic mass is 16.1. The van der Waals surface area contributed by atoms with Gasteiger partial charge in [0, 0.05) is 18.6 Å². The molecular formula is C14H27N3O. The fourth-order valence-electron chi connectivity index (χ4n) is 3.27. The quantitative estimate of drug-likeness (QED) is 0.771.